The zero-order chi connectivity index (χ0) is 0. The van der Waals surface area contributed by atoms with Gasteiger partial charge in [0.15, 0.2) is 0 Å². The van der Waals surface area contributed by atoms with Crippen molar-refractivity contribution in [2.75, 3.05) is 0 Å². The van der Waals surface area contributed by atoms with Gasteiger partial charge in [-0.25, -0.2) is 0 Å². The fourth-order valence-electron chi connectivity index (χ4n) is 0. The van der Waals surface area contributed by atoms with Crippen LogP contribution in [-0.4, -0.2) is 23.9 Å². The molecule has 0 saturated carbocycles. The molecule has 0 bridgehead atoms. The summed E-state index contributed by atoms with van der Waals surface area (Å²) in [4.78, 5) is 0. The standard InChI is InChI=1S/Ir.O.Sn.Zn/q+3;-2;+4;+2. The molecule has 0 saturated heterocycles. The smallest absolute Gasteiger partial charge is 2.00 e. The second kappa shape index (κ2) is 19.8. The first-order valence-electron chi connectivity index (χ1n) is 0. The molecule has 0 fully saturated rings. The van der Waals surface area contributed by atoms with Crippen LogP contribution < -0.4 is 0 Å². The predicted octanol–water partition coefficient (Wildman–Crippen LogP) is -0.505. The molecule has 0 rings (SSSR count). The van der Waals surface area contributed by atoms with Crippen molar-refractivity contribution in [2.45, 2.75) is 0 Å². The third-order valence-corrected chi connectivity index (χ3v) is 0. The Kier molecular flexibility index (Phi) is 183. The van der Waals surface area contributed by atoms with Crippen molar-refractivity contribution in [3.63, 3.8) is 0 Å². The predicted molar refractivity (Wildman–Crippen MR) is 6.44 cm³/mol. The topological polar surface area (TPSA) is 28.5 Å². The maximum atomic E-state index is 0. The van der Waals surface area contributed by atoms with Crippen LogP contribution in [0, 0.1) is 0 Å². The van der Waals surface area contributed by atoms with Crippen LogP contribution in [0.2, 0.25) is 0 Å². The second-order valence-electron chi connectivity index (χ2n) is 0. The zero-order valence-electron chi connectivity index (χ0n) is 1.95. The fraction of sp³-hybridized carbons (Fsp3) is 0. The molecule has 0 spiro atoms. The van der Waals surface area contributed by atoms with E-state index in [2.05, 4.69) is 0 Å². The molecule has 14 valence electrons. The van der Waals surface area contributed by atoms with Gasteiger partial charge in [0, 0.05) is 0 Å². The molecule has 4 heavy (non-hydrogen) atoms. The first kappa shape index (κ1) is 37.0. The van der Waals surface area contributed by atoms with E-state index in [1.165, 1.54) is 0 Å². The Morgan fingerprint density at radius 3 is 1.00 bits per heavy atom. The summed E-state index contributed by atoms with van der Waals surface area (Å²) < 4.78 is 0. The van der Waals surface area contributed by atoms with Gasteiger partial charge in [0.1, 0.15) is 0 Å². The van der Waals surface area contributed by atoms with Crippen molar-refractivity contribution in [2.24, 2.45) is 0 Å². The Bertz CT molecular complexity index is 8.00. The number of hydrogen-bond acceptors (Lipinski definition) is 0. The van der Waals surface area contributed by atoms with Gasteiger partial charge in [-0.15, -0.1) is 0 Å². The van der Waals surface area contributed by atoms with E-state index in [1.807, 2.05) is 0 Å². The van der Waals surface area contributed by atoms with Crippen molar-refractivity contribution in [3.05, 3.63) is 0 Å². The van der Waals surface area contributed by atoms with E-state index in [0.29, 0.717) is 0 Å². The summed E-state index contributed by atoms with van der Waals surface area (Å²) in [7, 11) is 0. The minimum atomic E-state index is 0. The maximum absolute atomic E-state index is 0. The van der Waals surface area contributed by atoms with Crippen LogP contribution in [-0.2, 0) is 45.1 Å². The Labute approximate surface area is 68.3 Å². The monoisotopic (exact) mass is 393 g/mol. The molecular weight excluding hydrogens is 392 g/mol. The molecule has 1 nitrogen and oxygen atoms in total. The van der Waals surface area contributed by atoms with Gasteiger partial charge < -0.3 is 5.48 Å². The number of rotatable bonds is 0. The summed E-state index contributed by atoms with van der Waals surface area (Å²) in [6.45, 7) is 0. The largest absolute Gasteiger partial charge is 4.00 e. The van der Waals surface area contributed by atoms with E-state index in [4.69, 9.17) is 0 Å². The van der Waals surface area contributed by atoms with E-state index in [0.717, 1.165) is 0 Å². The SMILES string of the molecule is [Ir+3].[O-2].[Sn+4].[Zn+2]. The van der Waals surface area contributed by atoms with Gasteiger partial charge in [-0.2, -0.15) is 0 Å². The van der Waals surface area contributed by atoms with Crippen LogP contribution in [0.3, 0.4) is 0 Å². The quantitative estimate of drug-likeness (QED) is 0.498. The van der Waals surface area contributed by atoms with Crippen LogP contribution in [0.25, 0.3) is 0 Å². The Balaban J connectivity index is 0. The summed E-state index contributed by atoms with van der Waals surface area (Å²) in [5, 5.41) is 0. The van der Waals surface area contributed by atoms with Crippen LogP contribution in [0.1, 0.15) is 0 Å². The van der Waals surface area contributed by atoms with Gasteiger partial charge >= 0.3 is 63.5 Å². The van der Waals surface area contributed by atoms with Gasteiger partial charge in [-0.1, -0.05) is 0 Å². The minimum absolute atomic E-state index is 0. The molecule has 0 atom stereocenters. The average molecular weight is 392 g/mol. The summed E-state index contributed by atoms with van der Waals surface area (Å²) >= 11 is 0. The van der Waals surface area contributed by atoms with Crippen LogP contribution in [0.15, 0.2) is 0 Å². The second-order valence-corrected chi connectivity index (χ2v) is 0. The fourth-order valence-corrected chi connectivity index (χ4v) is 0. The van der Waals surface area contributed by atoms with Crippen molar-refractivity contribution < 1.29 is 45.1 Å². The zero-order valence-corrected chi connectivity index (χ0v) is 10.2. The van der Waals surface area contributed by atoms with E-state index >= 15 is 0 Å². The Hall–Kier alpha value is 2.03. The van der Waals surface area contributed by atoms with Crippen molar-refractivity contribution in [1.82, 2.24) is 0 Å². The molecular formula is IrOSnZn+7. The molecule has 0 aromatic carbocycles. The van der Waals surface area contributed by atoms with Gasteiger partial charge in [0.2, 0.25) is 0 Å². The van der Waals surface area contributed by atoms with E-state index < -0.39 is 0 Å². The van der Waals surface area contributed by atoms with Gasteiger partial charge in [0.25, 0.3) is 0 Å². The van der Waals surface area contributed by atoms with Crippen LogP contribution >= 0.6 is 0 Å². The molecule has 0 radical (unpaired) electrons. The summed E-state index contributed by atoms with van der Waals surface area (Å²) in [5.41, 5.74) is 0. The third kappa shape index (κ3) is 8.98. The minimum Gasteiger partial charge on any atom is -2.00 e. The number of hydrogen-bond donors (Lipinski definition) is 0. The molecule has 0 aliphatic rings. The Morgan fingerprint density at radius 2 is 1.00 bits per heavy atom. The summed E-state index contributed by atoms with van der Waals surface area (Å²) in [6, 6.07) is 0. The molecule has 0 aromatic rings. The maximum Gasteiger partial charge on any atom is 4.00 e. The molecule has 0 N–H and O–H groups in total. The van der Waals surface area contributed by atoms with Gasteiger partial charge in [0.05, 0.1) is 0 Å². The van der Waals surface area contributed by atoms with E-state index in [-0.39, 0.29) is 69.0 Å². The molecule has 0 amide bonds. The van der Waals surface area contributed by atoms with Crippen molar-refractivity contribution >= 4 is 23.9 Å². The molecule has 0 heterocycles. The van der Waals surface area contributed by atoms with Crippen molar-refractivity contribution in [3.8, 4) is 0 Å². The van der Waals surface area contributed by atoms with Crippen molar-refractivity contribution in [1.29, 1.82) is 0 Å². The van der Waals surface area contributed by atoms with E-state index in [9.17, 15) is 0 Å². The molecule has 0 unspecified atom stereocenters. The first-order chi connectivity index (χ1) is 0. The van der Waals surface area contributed by atoms with Crippen LogP contribution in [0.4, 0.5) is 0 Å². The molecule has 0 aromatic heterocycles. The van der Waals surface area contributed by atoms with Gasteiger partial charge in [-0.05, 0) is 0 Å². The average Bonchev–Trinajstić information content (AvgIpc) is 0. The van der Waals surface area contributed by atoms with Gasteiger partial charge in [-0.3, -0.25) is 0 Å². The summed E-state index contributed by atoms with van der Waals surface area (Å²) in [6.07, 6.45) is 0. The van der Waals surface area contributed by atoms with E-state index in [1.54, 1.807) is 0 Å². The van der Waals surface area contributed by atoms with Crippen LogP contribution in [0.5, 0.6) is 0 Å². The molecule has 0 aliphatic heterocycles. The normalized spacial score (nSPS) is 0. The third-order valence-electron chi connectivity index (χ3n) is 0. The molecule has 4 heteroatoms. The first-order valence-corrected chi connectivity index (χ1v) is 0. The molecule has 0 aliphatic carbocycles. The summed E-state index contributed by atoms with van der Waals surface area (Å²) in [5.74, 6) is 0. The Morgan fingerprint density at radius 1 is 1.00 bits per heavy atom.